The molecule has 3 nitrogen and oxygen atoms in total. The molecule has 0 unspecified atom stereocenters. The number of rotatable bonds is 0. The third-order valence-corrected chi connectivity index (χ3v) is 4.96. The van der Waals surface area contributed by atoms with Gasteiger partial charge in [-0.2, -0.15) is 0 Å². The first-order valence-corrected chi connectivity index (χ1v) is 7.24. The summed E-state index contributed by atoms with van der Waals surface area (Å²) in [6, 6.07) is 0. The van der Waals surface area contributed by atoms with E-state index in [1.807, 2.05) is 13.8 Å². The number of halogens is 1. The van der Waals surface area contributed by atoms with E-state index in [1.165, 1.54) is 5.54 Å². The largest absolute Gasteiger partial charge is 0.507 e. The quantitative estimate of drug-likeness (QED) is 0.737. The third-order valence-electron chi connectivity index (χ3n) is 4.75. The predicted octanol–water partition coefficient (Wildman–Crippen LogP) is 3.94. The van der Waals surface area contributed by atoms with Gasteiger partial charge in [0.05, 0.1) is 11.1 Å². The monoisotopic (exact) mass is 292 g/mol. The van der Waals surface area contributed by atoms with Crippen molar-refractivity contribution in [1.82, 2.24) is 0 Å². The van der Waals surface area contributed by atoms with E-state index in [1.54, 1.807) is 6.92 Å². The number of phenols is 1. The van der Waals surface area contributed by atoms with Crippen molar-refractivity contribution in [2.45, 2.75) is 45.6 Å². The van der Waals surface area contributed by atoms with E-state index in [0.29, 0.717) is 22.4 Å². The van der Waals surface area contributed by atoms with Crippen LogP contribution in [0.1, 0.15) is 46.3 Å². The molecule has 1 N–H and O–H groups in total. The van der Waals surface area contributed by atoms with Crippen molar-refractivity contribution in [3.8, 4) is 11.5 Å². The topological polar surface area (TPSA) is 46.5 Å². The molecule has 1 saturated carbocycles. The van der Waals surface area contributed by atoms with E-state index in [-0.39, 0.29) is 11.5 Å². The number of aromatic hydroxyl groups is 1. The van der Waals surface area contributed by atoms with Crippen molar-refractivity contribution in [2.75, 3.05) is 0 Å². The molecule has 0 radical (unpaired) electrons. The SMILES string of the molecule is Cc1c(C)c2c(c(C)c1O)C(=O)C(=CCl)C1(CCC1)O2. The smallest absolute Gasteiger partial charge is 0.198 e. The first-order chi connectivity index (χ1) is 9.43. The van der Waals surface area contributed by atoms with E-state index >= 15 is 0 Å². The van der Waals surface area contributed by atoms with Gasteiger partial charge in [0.1, 0.15) is 17.1 Å². The lowest BCUT2D eigenvalue weighted by Crippen LogP contribution is -2.50. The lowest BCUT2D eigenvalue weighted by Gasteiger charge is -2.46. The summed E-state index contributed by atoms with van der Waals surface area (Å²) in [4.78, 5) is 12.7. The second-order valence-electron chi connectivity index (χ2n) is 5.73. The molecule has 1 aliphatic heterocycles. The van der Waals surface area contributed by atoms with Gasteiger partial charge < -0.3 is 9.84 Å². The van der Waals surface area contributed by atoms with Crippen molar-refractivity contribution in [3.05, 3.63) is 33.4 Å². The van der Waals surface area contributed by atoms with Crippen LogP contribution in [0.25, 0.3) is 0 Å². The molecule has 1 aromatic carbocycles. The molecule has 0 atom stereocenters. The molecule has 3 rings (SSSR count). The average Bonchev–Trinajstić information content (AvgIpc) is 2.39. The Morgan fingerprint density at radius 2 is 1.85 bits per heavy atom. The van der Waals surface area contributed by atoms with E-state index in [4.69, 9.17) is 16.3 Å². The van der Waals surface area contributed by atoms with Crippen molar-refractivity contribution < 1.29 is 14.6 Å². The highest BCUT2D eigenvalue weighted by atomic mass is 35.5. The highest BCUT2D eigenvalue weighted by Gasteiger charge is 2.50. The van der Waals surface area contributed by atoms with Gasteiger partial charge in [0.15, 0.2) is 5.78 Å². The minimum Gasteiger partial charge on any atom is -0.507 e. The summed E-state index contributed by atoms with van der Waals surface area (Å²) < 4.78 is 6.19. The van der Waals surface area contributed by atoms with Gasteiger partial charge in [-0.05, 0) is 51.2 Å². The summed E-state index contributed by atoms with van der Waals surface area (Å²) in [5.41, 5.74) is 3.93. The van der Waals surface area contributed by atoms with Gasteiger partial charge in [0, 0.05) is 11.1 Å². The molecule has 0 aromatic heterocycles. The number of carbonyl (C=O) groups is 1. The van der Waals surface area contributed by atoms with Crippen molar-refractivity contribution >= 4 is 17.4 Å². The van der Waals surface area contributed by atoms with Gasteiger partial charge in [-0.15, -0.1) is 0 Å². The second-order valence-corrected chi connectivity index (χ2v) is 5.95. The molecular formula is C16H17ClO3. The lowest BCUT2D eigenvalue weighted by molar-refractivity contribution is 0.0184. The predicted molar refractivity (Wildman–Crippen MR) is 77.8 cm³/mol. The number of phenolic OH excluding ortho intramolecular Hbond substituents is 1. The molecule has 106 valence electrons. The Bertz CT molecular complexity index is 654. The minimum absolute atomic E-state index is 0.114. The lowest BCUT2D eigenvalue weighted by atomic mass is 9.70. The van der Waals surface area contributed by atoms with Crippen LogP contribution in [0.3, 0.4) is 0 Å². The fourth-order valence-electron chi connectivity index (χ4n) is 3.12. The Balaban J connectivity index is 2.30. The van der Waals surface area contributed by atoms with Gasteiger partial charge in [0.2, 0.25) is 0 Å². The number of carbonyl (C=O) groups excluding carboxylic acids is 1. The van der Waals surface area contributed by atoms with Crippen LogP contribution in [0.15, 0.2) is 11.1 Å². The number of ether oxygens (including phenoxy) is 1. The zero-order valence-electron chi connectivity index (χ0n) is 11.8. The Hall–Kier alpha value is -1.48. The normalized spacial score (nSPS) is 21.6. The average molecular weight is 293 g/mol. The van der Waals surface area contributed by atoms with Gasteiger partial charge >= 0.3 is 0 Å². The van der Waals surface area contributed by atoms with Crippen LogP contribution in [0, 0.1) is 20.8 Å². The van der Waals surface area contributed by atoms with E-state index in [0.717, 1.165) is 30.4 Å². The Morgan fingerprint density at radius 3 is 2.35 bits per heavy atom. The first kappa shape index (κ1) is 13.5. The second kappa shape index (κ2) is 4.26. The molecule has 4 heteroatoms. The van der Waals surface area contributed by atoms with Crippen molar-refractivity contribution in [2.24, 2.45) is 0 Å². The molecule has 0 bridgehead atoms. The maximum absolute atomic E-state index is 12.7. The summed E-state index contributed by atoms with van der Waals surface area (Å²) in [7, 11) is 0. The van der Waals surface area contributed by atoms with Crippen LogP contribution in [-0.4, -0.2) is 16.5 Å². The number of fused-ring (bicyclic) bond motifs is 1. The molecule has 0 saturated heterocycles. The molecule has 2 aliphatic rings. The van der Waals surface area contributed by atoms with Crippen molar-refractivity contribution in [3.63, 3.8) is 0 Å². The molecule has 20 heavy (non-hydrogen) atoms. The van der Waals surface area contributed by atoms with Gasteiger partial charge in [-0.3, -0.25) is 4.79 Å². The zero-order chi connectivity index (χ0) is 14.7. The number of ketones is 1. The van der Waals surface area contributed by atoms with Crippen molar-refractivity contribution in [1.29, 1.82) is 0 Å². The fourth-order valence-corrected chi connectivity index (χ4v) is 3.41. The molecule has 1 aromatic rings. The molecule has 1 aliphatic carbocycles. The zero-order valence-corrected chi connectivity index (χ0v) is 12.6. The summed E-state index contributed by atoms with van der Waals surface area (Å²) in [6.07, 6.45) is 2.66. The van der Waals surface area contributed by atoms with Gasteiger partial charge in [0.25, 0.3) is 0 Å². The van der Waals surface area contributed by atoms with Crippen LogP contribution in [0.5, 0.6) is 11.5 Å². The first-order valence-electron chi connectivity index (χ1n) is 6.80. The van der Waals surface area contributed by atoms with E-state index < -0.39 is 5.60 Å². The molecule has 0 amide bonds. The highest BCUT2D eigenvalue weighted by Crippen LogP contribution is 2.51. The Labute approximate surface area is 123 Å². The van der Waals surface area contributed by atoms with Crippen LogP contribution in [-0.2, 0) is 0 Å². The summed E-state index contributed by atoms with van der Waals surface area (Å²) in [5, 5.41) is 10.2. The van der Waals surface area contributed by atoms with Crippen LogP contribution >= 0.6 is 11.6 Å². The summed E-state index contributed by atoms with van der Waals surface area (Å²) >= 11 is 5.88. The van der Waals surface area contributed by atoms with Crippen LogP contribution in [0.2, 0.25) is 0 Å². The van der Waals surface area contributed by atoms with E-state index in [9.17, 15) is 9.90 Å². The third kappa shape index (κ3) is 1.50. The molecule has 1 heterocycles. The standard InChI is InChI=1S/C16H17ClO3/c1-8-9(2)15-12(10(3)13(8)18)14(19)11(7-17)16(20-15)5-4-6-16/h7,18H,4-6H2,1-3H3. The number of Topliss-reactive ketones (excluding diaryl/α,β-unsaturated/α-hetero) is 1. The fraction of sp³-hybridized carbons (Fsp3) is 0.438. The summed E-state index contributed by atoms with van der Waals surface area (Å²) in [5.74, 6) is 0.665. The number of hydrogen-bond donors (Lipinski definition) is 1. The molecule has 1 fully saturated rings. The number of hydrogen-bond acceptors (Lipinski definition) is 3. The maximum atomic E-state index is 12.7. The minimum atomic E-state index is -0.549. The highest BCUT2D eigenvalue weighted by molar-refractivity contribution is 6.30. The summed E-state index contributed by atoms with van der Waals surface area (Å²) in [6.45, 7) is 5.46. The Kier molecular flexibility index (Phi) is 2.87. The van der Waals surface area contributed by atoms with Gasteiger partial charge in [-0.25, -0.2) is 0 Å². The Morgan fingerprint density at radius 1 is 1.20 bits per heavy atom. The van der Waals surface area contributed by atoms with Crippen LogP contribution < -0.4 is 4.74 Å². The van der Waals surface area contributed by atoms with Gasteiger partial charge in [-0.1, -0.05) is 11.6 Å². The van der Waals surface area contributed by atoms with E-state index in [2.05, 4.69) is 0 Å². The number of benzene rings is 1. The maximum Gasteiger partial charge on any atom is 0.198 e. The van der Waals surface area contributed by atoms with Crippen LogP contribution in [0.4, 0.5) is 0 Å². The molecular weight excluding hydrogens is 276 g/mol. The molecule has 1 spiro atoms.